The highest BCUT2D eigenvalue weighted by atomic mass is 32.2. The van der Waals surface area contributed by atoms with Crippen molar-refractivity contribution in [2.24, 2.45) is 0 Å². The molecule has 1 aromatic heterocycles. The number of fused-ring (bicyclic) bond motifs is 1. The monoisotopic (exact) mass is 376 g/mol. The number of thioether (sulfide) groups is 1. The first kappa shape index (κ1) is 17.5. The second-order valence-electron chi connectivity index (χ2n) is 5.52. The predicted molar refractivity (Wildman–Crippen MR) is 98.6 cm³/mol. The summed E-state index contributed by atoms with van der Waals surface area (Å²) in [5, 5.41) is 0.0548. The lowest BCUT2D eigenvalue weighted by Crippen LogP contribution is -2.14. The van der Waals surface area contributed by atoms with Crippen molar-refractivity contribution in [3.05, 3.63) is 54.1 Å². The zero-order valence-corrected chi connectivity index (χ0v) is 15.2. The van der Waals surface area contributed by atoms with Crippen molar-refractivity contribution in [2.75, 3.05) is 11.0 Å². The van der Waals surface area contributed by atoms with Gasteiger partial charge in [-0.2, -0.15) is 0 Å². The minimum Gasteiger partial charge on any atom is -0.431 e. The summed E-state index contributed by atoms with van der Waals surface area (Å²) < 4.78 is 30.4. The molecule has 1 N–H and O–H groups in total. The van der Waals surface area contributed by atoms with Gasteiger partial charge in [-0.1, -0.05) is 23.9 Å². The summed E-state index contributed by atoms with van der Waals surface area (Å²) in [5.41, 5.74) is 2.34. The molecule has 2 aromatic carbocycles. The van der Waals surface area contributed by atoms with E-state index in [1.807, 2.05) is 24.3 Å². The Morgan fingerprint density at radius 1 is 1.16 bits per heavy atom. The van der Waals surface area contributed by atoms with E-state index in [9.17, 15) is 13.2 Å². The van der Waals surface area contributed by atoms with E-state index in [0.29, 0.717) is 22.1 Å². The first-order chi connectivity index (χ1) is 11.8. The second kappa shape index (κ2) is 6.89. The van der Waals surface area contributed by atoms with Crippen LogP contribution in [-0.2, 0) is 10.0 Å². The summed E-state index contributed by atoms with van der Waals surface area (Å²) in [6.45, 7) is 1.78. The van der Waals surface area contributed by atoms with Crippen LogP contribution in [-0.4, -0.2) is 30.7 Å². The summed E-state index contributed by atoms with van der Waals surface area (Å²) >= 11 is 1.25. The quantitative estimate of drug-likeness (QED) is 0.523. The van der Waals surface area contributed by atoms with Crippen LogP contribution in [0, 0.1) is 0 Å². The number of nitrogens with zero attached hydrogens (tertiary/aromatic N) is 1. The van der Waals surface area contributed by atoms with Gasteiger partial charge < -0.3 is 4.42 Å². The smallest absolute Gasteiger partial charge is 0.257 e. The van der Waals surface area contributed by atoms with E-state index in [1.165, 1.54) is 11.8 Å². The summed E-state index contributed by atoms with van der Waals surface area (Å²) in [6, 6.07) is 13.7. The highest BCUT2D eigenvalue weighted by Crippen LogP contribution is 2.28. The van der Waals surface area contributed by atoms with Crippen LogP contribution in [0.2, 0.25) is 0 Å². The van der Waals surface area contributed by atoms with Gasteiger partial charge in [0, 0.05) is 11.3 Å². The maximum absolute atomic E-state index is 12.5. The van der Waals surface area contributed by atoms with E-state index in [1.54, 1.807) is 31.2 Å². The standard InChI is InChI=1S/C17H16N2O4S2/c1-11(24-17-18-14-5-3-4-6-15(14)23-17)16(20)12-7-9-13(10-8-12)19-25(2,21)22/h3-11,19H,1-2H3/t11-/m0/s1. The number of anilines is 1. The number of hydrogen-bond donors (Lipinski definition) is 1. The fourth-order valence-corrected chi connectivity index (χ4v) is 3.66. The lowest BCUT2D eigenvalue weighted by Gasteiger charge is -2.09. The van der Waals surface area contributed by atoms with E-state index < -0.39 is 10.0 Å². The molecule has 0 amide bonds. The highest BCUT2D eigenvalue weighted by molar-refractivity contribution is 8.00. The van der Waals surface area contributed by atoms with E-state index in [-0.39, 0.29) is 11.0 Å². The van der Waals surface area contributed by atoms with Crippen molar-refractivity contribution in [1.29, 1.82) is 0 Å². The van der Waals surface area contributed by atoms with Gasteiger partial charge in [-0.25, -0.2) is 13.4 Å². The summed E-state index contributed by atoms with van der Waals surface area (Å²) in [7, 11) is -3.34. The largest absolute Gasteiger partial charge is 0.431 e. The molecule has 0 saturated carbocycles. The molecule has 0 saturated heterocycles. The third-order valence-corrected chi connectivity index (χ3v) is 4.94. The van der Waals surface area contributed by atoms with Crippen LogP contribution >= 0.6 is 11.8 Å². The average Bonchev–Trinajstić information content (AvgIpc) is 2.95. The molecular weight excluding hydrogens is 360 g/mol. The first-order valence-corrected chi connectivity index (χ1v) is 10.2. The summed E-state index contributed by atoms with van der Waals surface area (Å²) in [5.74, 6) is -0.0850. The highest BCUT2D eigenvalue weighted by Gasteiger charge is 2.19. The molecule has 0 fully saturated rings. The van der Waals surface area contributed by atoms with Crippen molar-refractivity contribution >= 4 is 44.4 Å². The van der Waals surface area contributed by atoms with Crippen LogP contribution in [0.4, 0.5) is 5.69 Å². The molecule has 3 aromatic rings. The van der Waals surface area contributed by atoms with Crippen LogP contribution in [0.3, 0.4) is 0 Å². The topological polar surface area (TPSA) is 89.3 Å². The maximum Gasteiger partial charge on any atom is 0.257 e. The number of carbonyl (C=O) groups is 1. The van der Waals surface area contributed by atoms with Gasteiger partial charge in [0.05, 0.1) is 11.5 Å². The van der Waals surface area contributed by atoms with Crippen LogP contribution in [0.1, 0.15) is 17.3 Å². The molecule has 3 rings (SSSR count). The van der Waals surface area contributed by atoms with Crippen molar-refractivity contribution in [1.82, 2.24) is 4.98 Å². The molecule has 0 aliphatic rings. The Morgan fingerprint density at radius 2 is 1.84 bits per heavy atom. The zero-order chi connectivity index (χ0) is 18.0. The summed E-state index contributed by atoms with van der Waals surface area (Å²) in [4.78, 5) is 16.9. The third kappa shape index (κ3) is 4.40. The van der Waals surface area contributed by atoms with Gasteiger partial charge in [0.15, 0.2) is 11.4 Å². The van der Waals surface area contributed by atoms with Gasteiger partial charge >= 0.3 is 0 Å². The Morgan fingerprint density at radius 3 is 2.48 bits per heavy atom. The molecule has 0 spiro atoms. The number of carbonyl (C=O) groups excluding carboxylic acids is 1. The minimum absolute atomic E-state index is 0.0850. The number of sulfonamides is 1. The number of Topliss-reactive ketones (excluding diaryl/α,β-unsaturated/α-hetero) is 1. The van der Waals surface area contributed by atoms with Crippen LogP contribution in [0.5, 0.6) is 0 Å². The molecule has 6 nitrogen and oxygen atoms in total. The molecule has 1 atom stereocenters. The molecule has 0 radical (unpaired) electrons. The number of aromatic nitrogens is 1. The fraction of sp³-hybridized carbons (Fsp3) is 0.176. The normalized spacial score (nSPS) is 12.9. The second-order valence-corrected chi connectivity index (χ2v) is 8.56. The number of nitrogens with one attached hydrogen (secondary N) is 1. The average molecular weight is 376 g/mol. The molecule has 0 aliphatic carbocycles. The lowest BCUT2D eigenvalue weighted by molar-refractivity contribution is 0.0993. The van der Waals surface area contributed by atoms with Crippen LogP contribution in [0.25, 0.3) is 11.1 Å². The van der Waals surface area contributed by atoms with Gasteiger partial charge in [0.2, 0.25) is 10.0 Å². The first-order valence-electron chi connectivity index (χ1n) is 7.46. The number of hydrogen-bond acceptors (Lipinski definition) is 6. The fourth-order valence-electron chi connectivity index (χ4n) is 2.26. The van der Waals surface area contributed by atoms with Crippen molar-refractivity contribution < 1.29 is 17.6 Å². The van der Waals surface area contributed by atoms with Gasteiger partial charge in [-0.15, -0.1) is 0 Å². The molecule has 25 heavy (non-hydrogen) atoms. The van der Waals surface area contributed by atoms with Gasteiger partial charge in [0.1, 0.15) is 5.52 Å². The van der Waals surface area contributed by atoms with E-state index in [4.69, 9.17) is 4.42 Å². The number of para-hydroxylation sites is 2. The number of ketones is 1. The Hall–Kier alpha value is -2.32. The molecule has 1 heterocycles. The molecular formula is C17H16N2O4S2. The van der Waals surface area contributed by atoms with Gasteiger partial charge in [-0.3, -0.25) is 9.52 Å². The molecule has 0 bridgehead atoms. The third-order valence-electron chi connectivity index (χ3n) is 3.39. The number of rotatable bonds is 6. The predicted octanol–water partition coefficient (Wildman–Crippen LogP) is 3.56. The van der Waals surface area contributed by atoms with E-state index >= 15 is 0 Å². The summed E-state index contributed by atoms with van der Waals surface area (Å²) in [6.07, 6.45) is 1.07. The van der Waals surface area contributed by atoms with E-state index in [0.717, 1.165) is 11.8 Å². The Kier molecular flexibility index (Phi) is 4.82. The van der Waals surface area contributed by atoms with Crippen molar-refractivity contribution in [2.45, 2.75) is 17.4 Å². The van der Waals surface area contributed by atoms with Crippen LogP contribution in [0.15, 0.2) is 58.2 Å². The lowest BCUT2D eigenvalue weighted by atomic mass is 10.1. The Bertz CT molecular complexity index is 978. The van der Waals surface area contributed by atoms with E-state index in [2.05, 4.69) is 9.71 Å². The molecule has 130 valence electrons. The van der Waals surface area contributed by atoms with Crippen LogP contribution < -0.4 is 4.72 Å². The minimum atomic E-state index is -3.34. The maximum atomic E-state index is 12.5. The van der Waals surface area contributed by atoms with Gasteiger partial charge in [0.25, 0.3) is 5.22 Å². The Labute approximate surface area is 149 Å². The SMILES string of the molecule is C[C@H](Sc1nc2ccccc2o1)C(=O)c1ccc(NS(C)(=O)=O)cc1. The Balaban J connectivity index is 1.71. The van der Waals surface area contributed by atoms with Crippen molar-refractivity contribution in [3.8, 4) is 0 Å². The number of oxazole rings is 1. The molecule has 0 unspecified atom stereocenters. The van der Waals surface area contributed by atoms with Crippen molar-refractivity contribution in [3.63, 3.8) is 0 Å². The zero-order valence-electron chi connectivity index (χ0n) is 13.6. The molecule has 0 aliphatic heterocycles. The number of benzene rings is 2. The molecule has 8 heteroatoms. The van der Waals surface area contributed by atoms with Gasteiger partial charge in [-0.05, 0) is 43.3 Å².